The lowest BCUT2D eigenvalue weighted by atomic mass is 9.91. The Balaban J connectivity index is 3.10. The first-order valence-electron chi connectivity index (χ1n) is 5.75. The van der Waals surface area contributed by atoms with E-state index in [2.05, 4.69) is 13.8 Å². The third-order valence-electron chi connectivity index (χ3n) is 2.94. The first-order valence-corrected chi connectivity index (χ1v) is 5.75. The van der Waals surface area contributed by atoms with E-state index in [0.29, 0.717) is 5.92 Å². The number of hydrogen-bond donors (Lipinski definition) is 1. The summed E-state index contributed by atoms with van der Waals surface area (Å²) in [6.07, 6.45) is 0.864. The van der Waals surface area contributed by atoms with Crippen LogP contribution in [-0.4, -0.2) is 16.0 Å². The van der Waals surface area contributed by atoms with Crippen molar-refractivity contribution in [3.63, 3.8) is 0 Å². The molecule has 1 N–H and O–H groups in total. The van der Waals surface area contributed by atoms with Crippen molar-refractivity contribution in [2.45, 2.75) is 32.7 Å². The van der Waals surface area contributed by atoms with E-state index in [1.54, 1.807) is 12.1 Å². The Morgan fingerprint density at radius 3 is 2.22 bits per heavy atom. The average molecular weight is 251 g/mol. The second kappa shape index (κ2) is 5.16. The van der Waals surface area contributed by atoms with Crippen molar-refractivity contribution in [2.75, 3.05) is 0 Å². The molecule has 0 saturated heterocycles. The Bertz CT molecular complexity index is 437. The van der Waals surface area contributed by atoms with Crippen LogP contribution in [0, 0.1) is 16.0 Å². The minimum atomic E-state index is -2.09. The van der Waals surface area contributed by atoms with Crippen LogP contribution in [-0.2, 0) is 16.8 Å². The van der Waals surface area contributed by atoms with Gasteiger partial charge >= 0.3 is 11.5 Å². The number of nitro groups is 1. The molecule has 0 radical (unpaired) electrons. The summed E-state index contributed by atoms with van der Waals surface area (Å²) < 4.78 is 0. The van der Waals surface area contributed by atoms with Gasteiger partial charge in [0.25, 0.3) is 0 Å². The van der Waals surface area contributed by atoms with Crippen molar-refractivity contribution in [3.8, 4) is 0 Å². The van der Waals surface area contributed by atoms with Crippen LogP contribution in [0.3, 0.4) is 0 Å². The number of nitrogens with zero attached hydrogens (tertiary/aromatic N) is 1. The van der Waals surface area contributed by atoms with Crippen LogP contribution >= 0.6 is 0 Å². The molecule has 1 aromatic rings. The lowest BCUT2D eigenvalue weighted by Crippen LogP contribution is -2.40. The van der Waals surface area contributed by atoms with E-state index >= 15 is 0 Å². The first-order chi connectivity index (χ1) is 8.28. The summed E-state index contributed by atoms with van der Waals surface area (Å²) in [4.78, 5) is 21.3. The summed E-state index contributed by atoms with van der Waals surface area (Å²) in [6, 6.07) is 6.54. The zero-order chi connectivity index (χ0) is 13.9. The summed E-state index contributed by atoms with van der Waals surface area (Å²) in [6.45, 7) is 5.26. The van der Waals surface area contributed by atoms with Gasteiger partial charge in [0.05, 0.1) is 0 Å². The summed E-state index contributed by atoms with van der Waals surface area (Å²) >= 11 is 0. The predicted octanol–water partition coefficient (Wildman–Crippen LogP) is 2.46. The van der Waals surface area contributed by atoms with Crippen LogP contribution in [0.15, 0.2) is 24.3 Å². The number of rotatable bonds is 5. The molecule has 0 saturated carbocycles. The Kier molecular flexibility index (Phi) is 4.06. The maximum Gasteiger partial charge on any atom is 0.387 e. The van der Waals surface area contributed by atoms with E-state index in [9.17, 15) is 14.9 Å². The molecule has 0 spiro atoms. The predicted molar refractivity (Wildman–Crippen MR) is 67.0 cm³/mol. The van der Waals surface area contributed by atoms with Gasteiger partial charge in [0.15, 0.2) is 0 Å². The molecule has 0 aromatic heterocycles. The number of benzene rings is 1. The van der Waals surface area contributed by atoms with Gasteiger partial charge < -0.3 is 5.11 Å². The van der Waals surface area contributed by atoms with Crippen LogP contribution in [0.25, 0.3) is 0 Å². The molecular formula is C13H17NO4. The minimum absolute atomic E-state index is 0.188. The van der Waals surface area contributed by atoms with Crippen molar-refractivity contribution < 1.29 is 14.8 Å². The second-order valence-corrected chi connectivity index (χ2v) is 4.93. The number of carboxylic acid groups (broad SMARTS) is 1. The number of carboxylic acids is 1. The largest absolute Gasteiger partial charge is 0.476 e. The highest BCUT2D eigenvalue weighted by Gasteiger charge is 2.48. The molecule has 0 aliphatic rings. The topological polar surface area (TPSA) is 80.4 Å². The lowest BCUT2D eigenvalue weighted by molar-refractivity contribution is -0.559. The number of hydrogen-bond acceptors (Lipinski definition) is 3. The lowest BCUT2D eigenvalue weighted by Gasteiger charge is -2.16. The van der Waals surface area contributed by atoms with Crippen molar-refractivity contribution in [2.24, 2.45) is 5.92 Å². The first kappa shape index (κ1) is 14.2. The Labute approximate surface area is 106 Å². The van der Waals surface area contributed by atoms with E-state index in [1.165, 1.54) is 12.1 Å². The monoisotopic (exact) mass is 251 g/mol. The van der Waals surface area contributed by atoms with Crippen LogP contribution < -0.4 is 0 Å². The molecule has 0 heterocycles. The third-order valence-corrected chi connectivity index (χ3v) is 2.94. The van der Waals surface area contributed by atoms with E-state index < -0.39 is 16.4 Å². The highest BCUT2D eigenvalue weighted by Crippen LogP contribution is 2.25. The van der Waals surface area contributed by atoms with E-state index in [1.807, 2.05) is 0 Å². The quantitative estimate of drug-likeness (QED) is 0.643. The van der Waals surface area contributed by atoms with Crippen molar-refractivity contribution in [1.82, 2.24) is 0 Å². The summed E-state index contributed by atoms with van der Waals surface area (Å²) in [5, 5.41) is 20.0. The number of aliphatic carboxylic acids is 1. The van der Waals surface area contributed by atoms with Gasteiger partial charge in [-0.05, 0) is 17.9 Å². The summed E-state index contributed by atoms with van der Waals surface area (Å²) in [7, 11) is 0. The second-order valence-electron chi connectivity index (χ2n) is 4.93. The third kappa shape index (κ3) is 2.67. The van der Waals surface area contributed by atoms with Crippen molar-refractivity contribution >= 4 is 5.97 Å². The van der Waals surface area contributed by atoms with Gasteiger partial charge in [-0.2, -0.15) is 0 Å². The van der Waals surface area contributed by atoms with E-state index in [4.69, 9.17) is 5.11 Å². The summed E-state index contributed by atoms with van der Waals surface area (Å²) in [5.41, 5.74) is -0.853. The van der Waals surface area contributed by atoms with Crippen LogP contribution in [0.1, 0.15) is 31.9 Å². The molecule has 1 unspecified atom stereocenters. The molecular weight excluding hydrogens is 234 g/mol. The zero-order valence-electron chi connectivity index (χ0n) is 10.7. The van der Waals surface area contributed by atoms with Crippen molar-refractivity contribution in [1.29, 1.82) is 0 Å². The molecule has 98 valence electrons. The van der Waals surface area contributed by atoms with Gasteiger partial charge in [-0.1, -0.05) is 38.1 Å². The Morgan fingerprint density at radius 1 is 1.39 bits per heavy atom. The number of carbonyl (C=O) groups is 1. The molecule has 0 aliphatic heterocycles. The molecule has 1 atom stereocenters. The zero-order valence-corrected chi connectivity index (χ0v) is 10.7. The fraction of sp³-hybridized carbons (Fsp3) is 0.462. The van der Waals surface area contributed by atoms with Crippen LogP contribution in [0.4, 0.5) is 0 Å². The molecule has 0 amide bonds. The van der Waals surface area contributed by atoms with Crippen LogP contribution in [0.5, 0.6) is 0 Å². The maximum atomic E-state index is 11.1. The molecule has 1 aromatic carbocycles. The van der Waals surface area contributed by atoms with Gasteiger partial charge in [0.1, 0.15) is 0 Å². The highest BCUT2D eigenvalue weighted by molar-refractivity contribution is 5.78. The SMILES string of the molecule is CC(C)Cc1ccc(C(C)(C(=O)O)[N+](=O)[O-])cc1. The highest BCUT2D eigenvalue weighted by atomic mass is 16.6. The van der Waals surface area contributed by atoms with E-state index in [-0.39, 0.29) is 5.56 Å². The molecule has 0 fully saturated rings. The van der Waals surface area contributed by atoms with Crippen molar-refractivity contribution in [3.05, 3.63) is 45.5 Å². The smallest absolute Gasteiger partial charge is 0.387 e. The molecule has 5 heteroatoms. The Hall–Kier alpha value is -1.91. The van der Waals surface area contributed by atoms with Crippen LogP contribution in [0.2, 0.25) is 0 Å². The normalized spacial score (nSPS) is 14.2. The van der Waals surface area contributed by atoms with Gasteiger partial charge in [-0.15, -0.1) is 0 Å². The summed E-state index contributed by atoms with van der Waals surface area (Å²) in [5.74, 6) is -0.971. The molecule has 18 heavy (non-hydrogen) atoms. The van der Waals surface area contributed by atoms with Gasteiger partial charge in [-0.25, -0.2) is 4.79 Å². The fourth-order valence-corrected chi connectivity index (χ4v) is 1.74. The molecule has 1 rings (SSSR count). The molecule has 0 bridgehead atoms. The minimum Gasteiger partial charge on any atom is -0.476 e. The average Bonchev–Trinajstić information content (AvgIpc) is 2.27. The molecule has 0 aliphatic carbocycles. The fourth-order valence-electron chi connectivity index (χ4n) is 1.74. The van der Waals surface area contributed by atoms with E-state index in [0.717, 1.165) is 18.9 Å². The van der Waals surface area contributed by atoms with Gasteiger partial charge in [-0.3, -0.25) is 10.1 Å². The van der Waals surface area contributed by atoms with Gasteiger partial charge in [0.2, 0.25) is 0 Å². The van der Waals surface area contributed by atoms with Gasteiger partial charge in [0, 0.05) is 17.4 Å². The Morgan fingerprint density at radius 2 is 1.89 bits per heavy atom. The maximum absolute atomic E-state index is 11.1. The standard InChI is InChI=1S/C13H17NO4/c1-9(2)8-10-4-6-11(7-5-10)13(3,12(15)16)14(17)18/h4-7,9H,8H2,1-3H3,(H,15,16). The molecule has 5 nitrogen and oxygen atoms in total.